The lowest BCUT2D eigenvalue weighted by atomic mass is 10.0. The molecule has 1 saturated heterocycles. The van der Waals surface area contributed by atoms with Crippen molar-refractivity contribution in [1.29, 1.82) is 0 Å². The molecule has 1 heterocycles. The molecule has 0 aromatic heterocycles. The molecule has 1 unspecified atom stereocenters. The van der Waals surface area contributed by atoms with E-state index in [0.717, 1.165) is 37.0 Å². The van der Waals surface area contributed by atoms with Gasteiger partial charge in [-0.1, -0.05) is 35.9 Å². The highest BCUT2D eigenvalue weighted by atomic mass is 127. The first-order valence-electron chi connectivity index (χ1n) is 8.83. The van der Waals surface area contributed by atoms with Gasteiger partial charge in [0.25, 0.3) is 0 Å². The van der Waals surface area contributed by atoms with Gasteiger partial charge in [-0.25, -0.2) is 0 Å². The molecule has 5 nitrogen and oxygen atoms in total. The van der Waals surface area contributed by atoms with Crippen LogP contribution in [0, 0.1) is 6.92 Å². The highest BCUT2D eigenvalue weighted by molar-refractivity contribution is 14.0. The molecule has 2 aromatic rings. The maximum absolute atomic E-state index is 6.11. The number of ether oxygens (including phenoxy) is 1. The number of nitrogens with one attached hydrogen (secondary N) is 1. The first-order valence-corrected chi connectivity index (χ1v) is 9.20. The molecule has 0 saturated carbocycles. The second kappa shape index (κ2) is 10.8. The average molecular weight is 501 g/mol. The van der Waals surface area contributed by atoms with E-state index in [1.807, 2.05) is 43.3 Å². The van der Waals surface area contributed by atoms with E-state index in [-0.39, 0.29) is 30.0 Å². The van der Waals surface area contributed by atoms with Crippen LogP contribution in [0.1, 0.15) is 17.2 Å². The number of hydrogen-bond donors (Lipinski definition) is 2. The van der Waals surface area contributed by atoms with E-state index in [4.69, 9.17) is 22.1 Å². The Morgan fingerprint density at radius 3 is 2.59 bits per heavy atom. The Kier molecular flexibility index (Phi) is 8.82. The van der Waals surface area contributed by atoms with Gasteiger partial charge in [-0.3, -0.25) is 9.89 Å². The predicted molar refractivity (Wildman–Crippen MR) is 123 cm³/mol. The molecule has 1 aliphatic rings. The highest BCUT2D eigenvalue weighted by Gasteiger charge is 2.22. The van der Waals surface area contributed by atoms with E-state index in [1.165, 1.54) is 11.1 Å². The van der Waals surface area contributed by atoms with Crippen LogP contribution in [0.2, 0.25) is 5.02 Å². The van der Waals surface area contributed by atoms with Crippen molar-refractivity contribution >= 4 is 47.2 Å². The number of nitrogens with two attached hydrogens (primary N) is 1. The molecule has 0 bridgehead atoms. The first-order chi connectivity index (χ1) is 12.6. The van der Waals surface area contributed by atoms with Gasteiger partial charge in [-0.2, -0.15) is 0 Å². The number of nitrogens with zero attached hydrogens (tertiary/aromatic N) is 2. The largest absolute Gasteiger partial charge is 0.379 e. The molecule has 3 N–H and O–H groups in total. The van der Waals surface area contributed by atoms with Crippen LogP contribution < -0.4 is 11.1 Å². The van der Waals surface area contributed by atoms with Crippen molar-refractivity contribution < 1.29 is 4.74 Å². The van der Waals surface area contributed by atoms with Crippen LogP contribution in [0.4, 0.5) is 5.69 Å². The SMILES string of the molecule is Cc1cccc(NC(N)=NCC(c2ccc(Cl)cc2)N2CCOCC2)c1.I. The molecule has 0 aliphatic carbocycles. The van der Waals surface area contributed by atoms with Gasteiger partial charge in [-0.05, 0) is 42.3 Å². The van der Waals surface area contributed by atoms with Crippen molar-refractivity contribution in [2.75, 3.05) is 38.2 Å². The number of morpholine rings is 1. The van der Waals surface area contributed by atoms with Crippen LogP contribution in [0.25, 0.3) is 0 Å². The summed E-state index contributed by atoms with van der Waals surface area (Å²) in [6.45, 7) is 5.87. The van der Waals surface area contributed by atoms with Crippen LogP contribution >= 0.6 is 35.6 Å². The third-order valence-electron chi connectivity index (χ3n) is 4.47. The maximum atomic E-state index is 6.11. The Morgan fingerprint density at radius 1 is 1.22 bits per heavy atom. The number of guanidine groups is 1. The number of rotatable bonds is 5. The monoisotopic (exact) mass is 500 g/mol. The van der Waals surface area contributed by atoms with Gasteiger partial charge in [0.2, 0.25) is 0 Å². The molecule has 0 spiro atoms. The quantitative estimate of drug-likeness (QED) is 0.369. The molecule has 27 heavy (non-hydrogen) atoms. The van der Waals surface area contributed by atoms with Gasteiger partial charge >= 0.3 is 0 Å². The molecule has 2 aromatic carbocycles. The summed E-state index contributed by atoms with van der Waals surface area (Å²) in [5.74, 6) is 0.419. The lowest BCUT2D eigenvalue weighted by molar-refractivity contribution is 0.0180. The van der Waals surface area contributed by atoms with E-state index in [0.29, 0.717) is 12.5 Å². The molecular formula is C20H26ClIN4O. The molecule has 3 rings (SSSR count). The van der Waals surface area contributed by atoms with Gasteiger partial charge in [0.1, 0.15) is 0 Å². The fraction of sp³-hybridized carbons (Fsp3) is 0.350. The van der Waals surface area contributed by atoms with Crippen LogP contribution in [0.15, 0.2) is 53.5 Å². The first kappa shape index (κ1) is 21.9. The lowest BCUT2D eigenvalue weighted by Gasteiger charge is -2.34. The Bertz CT molecular complexity index is 748. The Hall–Kier alpha value is -1.35. The fourth-order valence-corrected chi connectivity index (χ4v) is 3.23. The number of benzene rings is 2. The van der Waals surface area contributed by atoms with Gasteiger partial charge in [-0.15, -0.1) is 24.0 Å². The number of halogens is 2. The number of hydrogen-bond acceptors (Lipinski definition) is 3. The summed E-state index contributed by atoms with van der Waals surface area (Å²) in [6.07, 6.45) is 0. The minimum absolute atomic E-state index is 0. The Morgan fingerprint density at radius 2 is 1.93 bits per heavy atom. The summed E-state index contributed by atoms with van der Waals surface area (Å²) < 4.78 is 5.49. The number of anilines is 1. The van der Waals surface area contributed by atoms with E-state index >= 15 is 0 Å². The smallest absolute Gasteiger partial charge is 0.193 e. The van der Waals surface area contributed by atoms with E-state index in [2.05, 4.69) is 27.3 Å². The topological polar surface area (TPSA) is 62.9 Å². The van der Waals surface area contributed by atoms with Gasteiger partial charge in [0.15, 0.2) is 5.96 Å². The minimum Gasteiger partial charge on any atom is -0.379 e. The van der Waals surface area contributed by atoms with Crippen molar-refractivity contribution in [1.82, 2.24) is 4.90 Å². The zero-order valence-electron chi connectivity index (χ0n) is 15.4. The van der Waals surface area contributed by atoms with Crippen LogP contribution in [0.3, 0.4) is 0 Å². The summed E-state index contributed by atoms with van der Waals surface area (Å²) >= 11 is 6.04. The average Bonchev–Trinajstić information content (AvgIpc) is 2.64. The normalized spacial score (nSPS) is 16.4. The highest BCUT2D eigenvalue weighted by Crippen LogP contribution is 2.24. The van der Waals surface area contributed by atoms with Crippen molar-refractivity contribution in [3.63, 3.8) is 0 Å². The minimum atomic E-state index is 0. The van der Waals surface area contributed by atoms with E-state index in [1.54, 1.807) is 0 Å². The second-order valence-electron chi connectivity index (χ2n) is 6.44. The standard InChI is InChI=1S/C20H25ClN4O.HI/c1-15-3-2-4-18(13-15)24-20(22)23-14-19(25-9-11-26-12-10-25)16-5-7-17(21)8-6-16;/h2-8,13,19H,9-12,14H2,1H3,(H3,22,23,24);1H. The molecule has 7 heteroatoms. The Balaban J connectivity index is 0.00000261. The number of aliphatic imine (C=N–C) groups is 1. The zero-order chi connectivity index (χ0) is 18.4. The molecular weight excluding hydrogens is 475 g/mol. The second-order valence-corrected chi connectivity index (χ2v) is 6.87. The fourth-order valence-electron chi connectivity index (χ4n) is 3.10. The van der Waals surface area contributed by atoms with Crippen LogP contribution in [-0.4, -0.2) is 43.7 Å². The Labute approximate surface area is 183 Å². The summed E-state index contributed by atoms with van der Waals surface area (Å²) in [5, 5.41) is 3.90. The third kappa shape index (κ3) is 6.64. The van der Waals surface area contributed by atoms with Crippen molar-refractivity contribution in [2.45, 2.75) is 13.0 Å². The van der Waals surface area contributed by atoms with Gasteiger partial charge in [0, 0.05) is 23.8 Å². The van der Waals surface area contributed by atoms with Crippen LogP contribution in [-0.2, 0) is 4.74 Å². The summed E-state index contributed by atoms with van der Waals surface area (Å²) in [7, 11) is 0. The summed E-state index contributed by atoms with van der Waals surface area (Å²) in [4.78, 5) is 6.98. The van der Waals surface area contributed by atoms with Crippen molar-refractivity contribution in [2.24, 2.45) is 10.7 Å². The lowest BCUT2D eigenvalue weighted by Crippen LogP contribution is -2.40. The van der Waals surface area contributed by atoms with Crippen molar-refractivity contribution in [3.05, 3.63) is 64.7 Å². The molecule has 1 aliphatic heterocycles. The van der Waals surface area contributed by atoms with Crippen molar-refractivity contribution in [3.8, 4) is 0 Å². The number of aryl methyl sites for hydroxylation is 1. The van der Waals surface area contributed by atoms with Gasteiger partial charge < -0.3 is 15.8 Å². The summed E-state index contributed by atoms with van der Waals surface area (Å²) in [5.41, 5.74) is 9.42. The zero-order valence-corrected chi connectivity index (χ0v) is 18.5. The predicted octanol–water partition coefficient (Wildman–Crippen LogP) is 4.07. The molecule has 146 valence electrons. The molecule has 0 amide bonds. The molecule has 0 radical (unpaired) electrons. The van der Waals surface area contributed by atoms with Crippen LogP contribution in [0.5, 0.6) is 0 Å². The third-order valence-corrected chi connectivity index (χ3v) is 4.72. The van der Waals surface area contributed by atoms with E-state index < -0.39 is 0 Å². The molecule has 1 fully saturated rings. The van der Waals surface area contributed by atoms with E-state index in [9.17, 15) is 0 Å². The maximum Gasteiger partial charge on any atom is 0.193 e. The summed E-state index contributed by atoms with van der Waals surface area (Å²) in [6, 6.07) is 16.2. The van der Waals surface area contributed by atoms with Gasteiger partial charge in [0.05, 0.1) is 25.8 Å². The molecule has 1 atom stereocenters.